The van der Waals surface area contributed by atoms with Crippen molar-refractivity contribution in [2.45, 2.75) is 84.1 Å². The second kappa shape index (κ2) is 15.1. The molecular weight excluding hydrogens is 370 g/mol. The van der Waals surface area contributed by atoms with Gasteiger partial charge in [-0.05, 0) is 12.0 Å². The zero-order chi connectivity index (χ0) is 19.2. The summed E-state index contributed by atoms with van der Waals surface area (Å²) in [5, 5.41) is 3.24. The van der Waals surface area contributed by atoms with E-state index in [9.17, 15) is 0 Å². The number of nitrogen functional groups attached to an aromatic ring is 1. The summed E-state index contributed by atoms with van der Waals surface area (Å²) < 4.78 is 0. The van der Waals surface area contributed by atoms with Crippen molar-refractivity contribution < 1.29 is 0 Å². The lowest BCUT2D eigenvalue weighted by Gasteiger charge is -2.07. The van der Waals surface area contributed by atoms with Gasteiger partial charge in [0.2, 0.25) is 11.9 Å². The Labute approximate surface area is 176 Å². The second-order valence-electron chi connectivity index (χ2n) is 7.20. The van der Waals surface area contributed by atoms with Crippen LogP contribution in [0.5, 0.6) is 0 Å². The highest BCUT2D eigenvalue weighted by molar-refractivity contribution is 5.85. The van der Waals surface area contributed by atoms with Crippen molar-refractivity contribution in [1.82, 2.24) is 15.0 Å². The SMILES string of the molecule is CCCCCCCCCCCCc1nc(N)nc(NCc2ccccc2)n1.Cl. The van der Waals surface area contributed by atoms with Crippen LogP contribution in [0.15, 0.2) is 30.3 Å². The van der Waals surface area contributed by atoms with E-state index >= 15 is 0 Å². The van der Waals surface area contributed by atoms with Gasteiger partial charge in [0.1, 0.15) is 5.82 Å². The smallest absolute Gasteiger partial charge is 0.228 e. The van der Waals surface area contributed by atoms with Gasteiger partial charge in [-0.1, -0.05) is 95.0 Å². The van der Waals surface area contributed by atoms with E-state index in [0.29, 0.717) is 18.4 Å². The van der Waals surface area contributed by atoms with Crippen LogP contribution >= 0.6 is 12.4 Å². The number of rotatable bonds is 14. The number of benzene rings is 1. The normalized spacial score (nSPS) is 10.5. The number of unbranched alkanes of at least 4 members (excludes halogenated alkanes) is 9. The zero-order valence-corrected chi connectivity index (χ0v) is 18.0. The van der Waals surface area contributed by atoms with Gasteiger partial charge in [-0.25, -0.2) is 0 Å². The molecule has 156 valence electrons. The molecule has 0 atom stereocenters. The van der Waals surface area contributed by atoms with Crippen LogP contribution in [0.3, 0.4) is 0 Å². The van der Waals surface area contributed by atoms with Gasteiger partial charge in [0.15, 0.2) is 0 Å². The van der Waals surface area contributed by atoms with Crippen LogP contribution in [0.1, 0.15) is 82.5 Å². The van der Waals surface area contributed by atoms with E-state index in [4.69, 9.17) is 5.73 Å². The van der Waals surface area contributed by atoms with Crippen molar-refractivity contribution in [2.75, 3.05) is 11.1 Å². The van der Waals surface area contributed by atoms with Crippen LogP contribution in [0.25, 0.3) is 0 Å². The van der Waals surface area contributed by atoms with E-state index in [1.807, 2.05) is 18.2 Å². The Kier molecular flexibility index (Phi) is 13.0. The first-order valence-electron chi connectivity index (χ1n) is 10.6. The molecule has 1 aromatic heterocycles. The lowest BCUT2D eigenvalue weighted by molar-refractivity contribution is 0.554. The molecule has 0 saturated heterocycles. The summed E-state index contributed by atoms with van der Waals surface area (Å²) in [6.07, 6.45) is 14.1. The standard InChI is InChI=1S/C22H35N5.ClH/c1-2-3-4-5-6-7-8-9-10-14-17-20-25-21(23)27-22(26-20)24-18-19-15-12-11-13-16-19;/h11-13,15-16H,2-10,14,17-18H2,1H3,(H3,23,24,25,26,27);1H. The minimum atomic E-state index is 0. The highest BCUT2D eigenvalue weighted by Crippen LogP contribution is 2.12. The molecule has 0 fully saturated rings. The number of nitrogens with one attached hydrogen (secondary N) is 1. The maximum absolute atomic E-state index is 5.85. The van der Waals surface area contributed by atoms with Crippen LogP contribution in [0.2, 0.25) is 0 Å². The summed E-state index contributed by atoms with van der Waals surface area (Å²) in [6.45, 7) is 2.95. The molecule has 28 heavy (non-hydrogen) atoms. The lowest BCUT2D eigenvalue weighted by atomic mass is 10.1. The molecule has 0 saturated carbocycles. The van der Waals surface area contributed by atoms with Crippen molar-refractivity contribution in [3.63, 3.8) is 0 Å². The topological polar surface area (TPSA) is 76.7 Å². The van der Waals surface area contributed by atoms with Crippen LogP contribution < -0.4 is 11.1 Å². The minimum absolute atomic E-state index is 0. The third-order valence-electron chi connectivity index (χ3n) is 4.75. The Hall–Kier alpha value is -1.88. The molecule has 0 unspecified atom stereocenters. The van der Waals surface area contributed by atoms with Gasteiger partial charge < -0.3 is 11.1 Å². The first-order chi connectivity index (χ1) is 13.3. The van der Waals surface area contributed by atoms with E-state index in [1.165, 1.54) is 63.4 Å². The van der Waals surface area contributed by atoms with Gasteiger partial charge in [0, 0.05) is 13.0 Å². The number of hydrogen-bond acceptors (Lipinski definition) is 5. The van der Waals surface area contributed by atoms with Crippen LogP contribution in [-0.4, -0.2) is 15.0 Å². The highest BCUT2D eigenvalue weighted by atomic mass is 35.5. The number of anilines is 2. The first kappa shape index (κ1) is 24.2. The largest absolute Gasteiger partial charge is 0.368 e. The van der Waals surface area contributed by atoms with Crippen LogP contribution in [0.4, 0.5) is 11.9 Å². The molecule has 0 aliphatic heterocycles. The van der Waals surface area contributed by atoms with Gasteiger partial charge in [-0.2, -0.15) is 15.0 Å². The van der Waals surface area contributed by atoms with E-state index in [1.54, 1.807) is 0 Å². The second-order valence-corrected chi connectivity index (χ2v) is 7.20. The molecule has 0 spiro atoms. The predicted molar refractivity (Wildman–Crippen MR) is 121 cm³/mol. The molecule has 6 heteroatoms. The fourth-order valence-electron chi connectivity index (χ4n) is 3.18. The molecule has 0 amide bonds. The van der Waals surface area contributed by atoms with Crippen molar-refractivity contribution in [3.8, 4) is 0 Å². The van der Waals surface area contributed by atoms with Crippen LogP contribution in [-0.2, 0) is 13.0 Å². The molecule has 0 aliphatic rings. The Morgan fingerprint density at radius 2 is 1.39 bits per heavy atom. The molecule has 2 rings (SSSR count). The monoisotopic (exact) mass is 405 g/mol. The number of hydrogen-bond donors (Lipinski definition) is 2. The number of aryl methyl sites for hydroxylation is 1. The average Bonchev–Trinajstić information content (AvgIpc) is 2.68. The molecule has 1 aromatic carbocycles. The molecule has 3 N–H and O–H groups in total. The molecule has 1 heterocycles. The average molecular weight is 406 g/mol. The van der Waals surface area contributed by atoms with Gasteiger partial charge in [0.25, 0.3) is 0 Å². The summed E-state index contributed by atoms with van der Waals surface area (Å²) in [5.74, 6) is 1.65. The van der Waals surface area contributed by atoms with Gasteiger partial charge >= 0.3 is 0 Å². The third kappa shape index (κ3) is 10.5. The van der Waals surface area contributed by atoms with Crippen molar-refractivity contribution in [2.24, 2.45) is 0 Å². The van der Waals surface area contributed by atoms with Crippen molar-refractivity contribution in [1.29, 1.82) is 0 Å². The summed E-state index contributed by atoms with van der Waals surface area (Å²) in [4.78, 5) is 13.0. The Morgan fingerprint density at radius 1 is 0.786 bits per heavy atom. The third-order valence-corrected chi connectivity index (χ3v) is 4.75. The summed E-state index contributed by atoms with van der Waals surface area (Å²) >= 11 is 0. The van der Waals surface area contributed by atoms with Gasteiger partial charge in [-0.15, -0.1) is 12.4 Å². The van der Waals surface area contributed by atoms with Gasteiger partial charge in [-0.3, -0.25) is 0 Å². The lowest BCUT2D eigenvalue weighted by Crippen LogP contribution is -2.09. The molecule has 0 radical (unpaired) electrons. The quantitative estimate of drug-likeness (QED) is 0.379. The van der Waals surface area contributed by atoms with Crippen molar-refractivity contribution >= 4 is 24.3 Å². The Morgan fingerprint density at radius 3 is 2.04 bits per heavy atom. The molecule has 2 aromatic rings. The fraction of sp³-hybridized carbons (Fsp3) is 0.591. The fourth-order valence-corrected chi connectivity index (χ4v) is 3.18. The summed E-state index contributed by atoms with van der Waals surface area (Å²) in [6, 6.07) is 10.2. The maximum atomic E-state index is 5.85. The number of nitrogens with two attached hydrogens (primary N) is 1. The maximum Gasteiger partial charge on any atom is 0.228 e. The molecular formula is C22H36ClN5. The van der Waals surface area contributed by atoms with E-state index in [2.05, 4.69) is 39.3 Å². The summed E-state index contributed by atoms with van der Waals surface area (Å²) in [7, 11) is 0. The number of halogens is 1. The Bertz CT molecular complexity index is 636. The Balaban J connectivity index is 0.00000392. The first-order valence-corrected chi connectivity index (χ1v) is 10.6. The van der Waals surface area contributed by atoms with Gasteiger partial charge in [0.05, 0.1) is 0 Å². The molecule has 0 aliphatic carbocycles. The zero-order valence-electron chi connectivity index (χ0n) is 17.2. The molecule has 0 bridgehead atoms. The van der Waals surface area contributed by atoms with Crippen LogP contribution in [0, 0.1) is 0 Å². The highest BCUT2D eigenvalue weighted by Gasteiger charge is 2.04. The van der Waals surface area contributed by atoms with E-state index in [0.717, 1.165) is 18.7 Å². The minimum Gasteiger partial charge on any atom is -0.368 e. The predicted octanol–water partition coefficient (Wildman–Crippen LogP) is 5.95. The number of aromatic nitrogens is 3. The van der Waals surface area contributed by atoms with E-state index in [-0.39, 0.29) is 12.4 Å². The van der Waals surface area contributed by atoms with Crippen molar-refractivity contribution in [3.05, 3.63) is 41.7 Å². The van der Waals surface area contributed by atoms with E-state index < -0.39 is 0 Å². The molecule has 5 nitrogen and oxygen atoms in total. The summed E-state index contributed by atoms with van der Waals surface area (Å²) in [5.41, 5.74) is 7.03. The number of nitrogens with zero attached hydrogens (tertiary/aromatic N) is 3.